The van der Waals surface area contributed by atoms with Crippen LogP contribution in [0.2, 0.25) is 0 Å². The van der Waals surface area contributed by atoms with Crippen LogP contribution in [0.4, 0.5) is 0 Å². The summed E-state index contributed by atoms with van der Waals surface area (Å²) in [5.74, 6) is 1.76. The smallest absolute Gasteiger partial charge is 0.174 e. The molecule has 2 aromatic rings. The molecule has 0 aliphatic carbocycles. The van der Waals surface area contributed by atoms with E-state index in [0.717, 1.165) is 12.0 Å². The number of hydrogen-bond acceptors (Lipinski definition) is 3. The number of benzene rings is 2. The highest BCUT2D eigenvalue weighted by molar-refractivity contribution is 6.17. The van der Waals surface area contributed by atoms with Gasteiger partial charge in [-0.05, 0) is 24.1 Å². The largest absolute Gasteiger partial charge is 0.493 e. The highest BCUT2D eigenvalue weighted by Gasteiger charge is 2.30. The van der Waals surface area contributed by atoms with Gasteiger partial charge in [-0.1, -0.05) is 36.4 Å². The third-order valence-corrected chi connectivity index (χ3v) is 3.88. The second-order valence-corrected chi connectivity index (χ2v) is 5.54. The van der Waals surface area contributed by atoms with Crippen molar-refractivity contribution in [3.8, 4) is 11.5 Å². The van der Waals surface area contributed by atoms with E-state index in [0.29, 0.717) is 36.0 Å². The van der Waals surface area contributed by atoms with Gasteiger partial charge in [-0.15, -0.1) is 11.6 Å². The lowest BCUT2D eigenvalue weighted by molar-refractivity contribution is 0.0843. The second-order valence-electron chi connectivity index (χ2n) is 5.16. The zero-order valence-corrected chi connectivity index (χ0v) is 12.9. The van der Waals surface area contributed by atoms with E-state index < -0.39 is 0 Å². The standard InChI is InChI=1S/C18H17ClO3/c19-10-5-11-21-15-8-4-9-16-18(15)14(20)12-17(22-16)13-6-2-1-3-7-13/h1-4,6-9,17H,5,10-12H2. The first-order valence-corrected chi connectivity index (χ1v) is 7.89. The molecule has 1 heterocycles. The molecule has 0 saturated heterocycles. The molecule has 114 valence electrons. The molecule has 0 spiro atoms. The fourth-order valence-electron chi connectivity index (χ4n) is 2.56. The summed E-state index contributed by atoms with van der Waals surface area (Å²) in [4.78, 5) is 12.5. The predicted molar refractivity (Wildman–Crippen MR) is 86.0 cm³/mol. The number of ketones is 1. The molecule has 0 saturated carbocycles. The number of carbonyl (C=O) groups excluding carboxylic acids is 1. The number of carbonyl (C=O) groups is 1. The van der Waals surface area contributed by atoms with Gasteiger partial charge in [-0.2, -0.15) is 0 Å². The van der Waals surface area contributed by atoms with E-state index in [9.17, 15) is 4.79 Å². The Morgan fingerprint density at radius 3 is 2.73 bits per heavy atom. The maximum absolute atomic E-state index is 12.5. The Balaban J connectivity index is 1.85. The molecule has 3 nitrogen and oxygen atoms in total. The van der Waals surface area contributed by atoms with Crippen molar-refractivity contribution in [3.05, 3.63) is 59.7 Å². The van der Waals surface area contributed by atoms with Gasteiger partial charge in [-0.3, -0.25) is 4.79 Å². The lowest BCUT2D eigenvalue weighted by Gasteiger charge is -2.26. The Bertz CT molecular complexity index is 655. The van der Waals surface area contributed by atoms with Crippen molar-refractivity contribution in [2.45, 2.75) is 18.9 Å². The van der Waals surface area contributed by atoms with Crippen molar-refractivity contribution in [1.29, 1.82) is 0 Å². The number of Topliss-reactive ketones (excluding diaryl/α,β-unsaturated/α-hetero) is 1. The predicted octanol–water partition coefficient (Wildman–Crippen LogP) is 4.40. The summed E-state index contributed by atoms with van der Waals surface area (Å²) < 4.78 is 11.7. The maximum atomic E-state index is 12.5. The Morgan fingerprint density at radius 1 is 1.14 bits per heavy atom. The van der Waals surface area contributed by atoms with E-state index in [2.05, 4.69) is 0 Å². The van der Waals surface area contributed by atoms with Gasteiger partial charge in [0, 0.05) is 5.88 Å². The van der Waals surface area contributed by atoms with E-state index in [1.807, 2.05) is 42.5 Å². The summed E-state index contributed by atoms with van der Waals surface area (Å²) in [6.07, 6.45) is 0.832. The third-order valence-electron chi connectivity index (χ3n) is 3.61. The highest BCUT2D eigenvalue weighted by Crippen LogP contribution is 2.39. The summed E-state index contributed by atoms with van der Waals surface area (Å²) >= 11 is 5.66. The van der Waals surface area contributed by atoms with E-state index in [4.69, 9.17) is 21.1 Å². The Hall–Kier alpha value is -2.00. The van der Waals surface area contributed by atoms with Gasteiger partial charge in [0.25, 0.3) is 0 Å². The fourth-order valence-corrected chi connectivity index (χ4v) is 2.67. The van der Waals surface area contributed by atoms with Crippen molar-refractivity contribution < 1.29 is 14.3 Å². The SMILES string of the molecule is O=C1CC(c2ccccc2)Oc2cccc(OCCCCl)c21. The fraction of sp³-hybridized carbons (Fsp3) is 0.278. The molecule has 0 bridgehead atoms. The number of hydrogen-bond donors (Lipinski definition) is 0. The van der Waals surface area contributed by atoms with Crippen LogP contribution in [0.5, 0.6) is 11.5 Å². The minimum absolute atomic E-state index is 0.0524. The van der Waals surface area contributed by atoms with Crippen molar-refractivity contribution in [2.24, 2.45) is 0 Å². The molecule has 1 atom stereocenters. The number of fused-ring (bicyclic) bond motifs is 1. The van der Waals surface area contributed by atoms with Gasteiger partial charge in [0.15, 0.2) is 5.78 Å². The van der Waals surface area contributed by atoms with E-state index in [-0.39, 0.29) is 11.9 Å². The molecular formula is C18H17ClO3. The zero-order valence-electron chi connectivity index (χ0n) is 12.1. The molecule has 0 radical (unpaired) electrons. The molecule has 1 unspecified atom stereocenters. The number of rotatable bonds is 5. The van der Waals surface area contributed by atoms with E-state index in [1.54, 1.807) is 6.07 Å². The third kappa shape index (κ3) is 3.09. The quantitative estimate of drug-likeness (QED) is 0.606. The molecule has 22 heavy (non-hydrogen) atoms. The molecule has 4 heteroatoms. The van der Waals surface area contributed by atoms with Crippen LogP contribution in [0.3, 0.4) is 0 Å². The van der Waals surface area contributed by atoms with Crippen molar-refractivity contribution >= 4 is 17.4 Å². The monoisotopic (exact) mass is 316 g/mol. The minimum Gasteiger partial charge on any atom is -0.493 e. The van der Waals surface area contributed by atoms with Crippen LogP contribution < -0.4 is 9.47 Å². The number of halogens is 1. The molecule has 0 amide bonds. The minimum atomic E-state index is -0.237. The molecule has 0 fully saturated rings. The van der Waals surface area contributed by atoms with Gasteiger partial charge in [-0.25, -0.2) is 0 Å². The molecular weight excluding hydrogens is 300 g/mol. The number of ether oxygens (including phenoxy) is 2. The molecule has 3 rings (SSSR count). The van der Waals surface area contributed by atoms with Gasteiger partial charge in [0.1, 0.15) is 23.2 Å². The van der Waals surface area contributed by atoms with E-state index in [1.165, 1.54) is 0 Å². The maximum Gasteiger partial charge on any atom is 0.174 e. The average Bonchev–Trinajstić information content (AvgIpc) is 2.55. The summed E-state index contributed by atoms with van der Waals surface area (Å²) in [7, 11) is 0. The molecule has 1 aliphatic rings. The molecule has 2 aromatic carbocycles. The second kappa shape index (κ2) is 6.84. The van der Waals surface area contributed by atoms with Crippen LogP contribution in [0.1, 0.15) is 34.9 Å². The summed E-state index contributed by atoms with van der Waals surface area (Å²) in [6, 6.07) is 15.3. The lowest BCUT2D eigenvalue weighted by atomic mass is 9.96. The van der Waals surface area contributed by atoms with E-state index >= 15 is 0 Å². The first kappa shape index (κ1) is 14.9. The van der Waals surface area contributed by atoms with Gasteiger partial charge < -0.3 is 9.47 Å². The van der Waals surface area contributed by atoms with Crippen molar-refractivity contribution in [3.63, 3.8) is 0 Å². The zero-order chi connectivity index (χ0) is 15.4. The van der Waals surface area contributed by atoms with Crippen LogP contribution in [-0.4, -0.2) is 18.3 Å². The Labute approximate surface area is 134 Å². The summed E-state index contributed by atoms with van der Waals surface area (Å²) in [5.41, 5.74) is 1.55. The normalized spacial score (nSPS) is 16.8. The van der Waals surface area contributed by atoms with Crippen LogP contribution in [0.15, 0.2) is 48.5 Å². The number of alkyl halides is 1. The van der Waals surface area contributed by atoms with Crippen molar-refractivity contribution in [1.82, 2.24) is 0 Å². The van der Waals surface area contributed by atoms with Crippen LogP contribution >= 0.6 is 11.6 Å². The Kier molecular flexibility index (Phi) is 4.64. The van der Waals surface area contributed by atoms with Crippen LogP contribution in [-0.2, 0) is 0 Å². The van der Waals surface area contributed by atoms with Gasteiger partial charge in [0.2, 0.25) is 0 Å². The highest BCUT2D eigenvalue weighted by atomic mass is 35.5. The molecule has 0 aromatic heterocycles. The van der Waals surface area contributed by atoms with Crippen molar-refractivity contribution in [2.75, 3.05) is 12.5 Å². The summed E-state index contributed by atoms with van der Waals surface area (Å²) in [6.45, 7) is 0.495. The first-order chi connectivity index (χ1) is 10.8. The summed E-state index contributed by atoms with van der Waals surface area (Å²) in [5, 5.41) is 0. The first-order valence-electron chi connectivity index (χ1n) is 7.36. The van der Waals surface area contributed by atoms with Crippen LogP contribution in [0.25, 0.3) is 0 Å². The Morgan fingerprint density at radius 2 is 1.95 bits per heavy atom. The van der Waals surface area contributed by atoms with Gasteiger partial charge >= 0.3 is 0 Å². The van der Waals surface area contributed by atoms with Crippen LogP contribution in [0, 0.1) is 0 Å². The topological polar surface area (TPSA) is 35.5 Å². The molecule has 1 aliphatic heterocycles. The van der Waals surface area contributed by atoms with Gasteiger partial charge in [0.05, 0.1) is 13.0 Å². The molecule has 0 N–H and O–H groups in total. The lowest BCUT2D eigenvalue weighted by Crippen LogP contribution is -2.21. The average molecular weight is 317 g/mol.